The van der Waals surface area contributed by atoms with Gasteiger partial charge >= 0.3 is 0 Å². The van der Waals surface area contributed by atoms with Crippen molar-refractivity contribution in [1.29, 1.82) is 0 Å². The Morgan fingerprint density at radius 2 is 1.90 bits per heavy atom. The van der Waals surface area contributed by atoms with Crippen LogP contribution in [-0.2, 0) is 9.84 Å². The summed E-state index contributed by atoms with van der Waals surface area (Å²) in [5.74, 6) is 1.26. The molecule has 2 aliphatic heterocycles. The third-order valence-electron chi connectivity index (χ3n) is 3.80. The summed E-state index contributed by atoms with van der Waals surface area (Å²) in [6.07, 6.45) is 4.03. The van der Waals surface area contributed by atoms with Gasteiger partial charge in [-0.15, -0.1) is 0 Å². The van der Waals surface area contributed by atoms with Gasteiger partial charge in [-0.05, 0) is 37.3 Å². The highest BCUT2D eigenvalue weighted by Crippen LogP contribution is 2.20. The Hall–Kier alpha value is -1.15. The molecule has 2 fully saturated rings. The first-order chi connectivity index (χ1) is 10.0. The molecule has 1 aromatic heterocycles. The van der Waals surface area contributed by atoms with Gasteiger partial charge in [0.1, 0.15) is 0 Å². The summed E-state index contributed by atoms with van der Waals surface area (Å²) >= 11 is 5.96. The van der Waals surface area contributed by atoms with E-state index in [1.165, 1.54) is 6.42 Å². The fourth-order valence-electron chi connectivity index (χ4n) is 2.73. The Kier molecular flexibility index (Phi) is 4.17. The predicted molar refractivity (Wildman–Crippen MR) is 81.6 cm³/mol. The molecular weight excluding hydrogens is 314 g/mol. The van der Waals surface area contributed by atoms with E-state index in [1.54, 1.807) is 0 Å². The molecule has 21 heavy (non-hydrogen) atoms. The van der Waals surface area contributed by atoms with Crippen LogP contribution in [0.25, 0.3) is 0 Å². The van der Waals surface area contributed by atoms with Crippen LogP contribution in [0.1, 0.15) is 25.7 Å². The summed E-state index contributed by atoms with van der Waals surface area (Å²) in [6, 6.07) is -0.150. The fraction of sp³-hybridized carbons (Fsp3) is 0.750. The summed E-state index contributed by atoms with van der Waals surface area (Å²) in [6.45, 7) is 1.83. The highest BCUT2D eigenvalue weighted by Gasteiger charge is 2.28. The lowest BCUT2D eigenvalue weighted by atomic mass is 10.1. The van der Waals surface area contributed by atoms with Crippen molar-refractivity contribution in [3.63, 3.8) is 0 Å². The molecule has 3 heterocycles. The highest BCUT2D eigenvalue weighted by molar-refractivity contribution is 7.91. The van der Waals surface area contributed by atoms with E-state index >= 15 is 0 Å². The number of hydrogen-bond acceptors (Lipinski definition) is 7. The Bertz CT molecular complexity index is 618. The lowest BCUT2D eigenvalue weighted by Gasteiger charge is -2.26. The Morgan fingerprint density at radius 3 is 2.57 bits per heavy atom. The molecule has 7 nitrogen and oxygen atoms in total. The van der Waals surface area contributed by atoms with Crippen LogP contribution in [0.5, 0.6) is 0 Å². The minimum atomic E-state index is -2.93. The number of rotatable bonds is 3. The quantitative estimate of drug-likeness (QED) is 0.887. The molecule has 0 spiro atoms. The number of halogens is 1. The average molecular weight is 332 g/mol. The van der Waals surface area contributed by atoms with Gasteiger partial charge in [0.15, 0.2) is 9.84 Å². The van der Waals surface area contributed by atoms with Gasteiger partial charge in [-0.25, -0.2) is 8.42 Å². The van der Waals surface area contributed by atoms with Gasteiger partial charge in [0, 0.05) is 19.1 Å². The summed E-state index contributed by atoms with van der Waals surface area (Å²) in [7, 11) is -2.93. The van der Waals surface area contributed by atoms with Crippen molar-refractivity contribution in [2.24, 2.45) is 0 Å². The molecule has 0 radical (unpaired) electrons. The van der Waals surface area contributed by atoms with Gasteiger partial charge in [0.2, 0.25) is 17.2 Å². The number of aromatic nitrogens is 3. The Balaban J connectivity index is 1.75. The maximum absolute atomic E-state index is 11.5. The average Bonchev–Trinajstić information content (AvgIpc) is 2.78. The molecule has 0 saturated carbocycles. The van der Waals surface area contributed by atoms with Crippen molar-refractivity contribution >= 4 is 33.3 Å². The van der Waals surface area contributed by atoms with E-state index in [-0.39, 0.29) is 22.8 Å². The third-order valence-corrected chi connectivity index (χ3v) is 5.74. The highest BCUT2D eigenvalue weighted by atomic mass is 35.5. The normalized spacial score (nSPS) is 25.0. The van der Waals surface area contributed by atoms with E-state index < -0.39 is 9.84 Å². The number of hydrogen-bond donors (Lipinski definition) is 1. The minimum Gasteiger partial charge on any atom is -0.350 e. The standard InChI is InChI=1S/C12H18ClN5O2S/c13-10-15-11(14-9-4-7-21(19,20)8-9)17-12(16-10)18-5-2-1-3-6-18/h9H,1-8H2,(H,14,15,16,17). The maximum Gasteiger partial charge on any atom is 0.231 e. The van der Waals surface area contributed by atoms with Crippen molar-refractivity contribution in [3.8, 4) is 0 Å². The molecule has 0 aromatic carbocycles. The second-order valence-electron chi connectivity index (χ2n) is 5.52. The van der Waals surface area contributed by atoms with E-state index in [0.717, 1.165) is 25.9 Å². The van der Waals surface area contributed by atoms with E-state index in [2.05, 4.69) is 25.2 Å². The van der Waals surface area contributed by atoms with Crippen LogP contribution in [0.2, 0.25) is 5.28 Å². The summed E-state index contributed by atoms with van der Waals surface area (Å²) in [4.78, 5) is 14.7. The summed E-state index contributed by atoms with van der Waals surface area (Å²) in [5.41, 5.74) is 0. The molecule has 3 rings (SSSR count). The molecule has 2 aliphatic rings. The van der Waals surface area contributed by atoms with Crippen molar-refractivity contribution < 1.29 is 8.42 Å². The zero-order chi connectivity index (χ0) is 14.9. The number of piperidine rings is 1. The van der Waals surface area contributed by atoms with E-state index in [9.17, 15) is 8.42 Å². The summed E-state index contributed by atoms with van der Waals surface area (Å²) in [5, 5.41) is 3.20. The van der Waals surface area contributed by atoms with Crippen molar-refractivity contribution in [2.75, 3.05) is 34.8 Å². The molecule has 0 amide bonds. The van der Waals surface area contributed by atoms with Crippen LogP contribution < -0.4 is 10.2 Å². The fourth-order valence-corrected chi connectivity index (χ4v) is 4.56. The van der Waals surface area contributed by atoms with E-state index in [0.29, 0.717) is 18.3 Å². The molecule has 9 heteroatoms. The first kappa shape index (κ1) is 14.8. The molecule has 0 bridgehead atoms. The van der Waals surface area contributed by atoms with Crippen molar-refractivity contribution in [1.82, 2.24) is 15.0 Å². The first-order valence-electron chi connectivity index (χ1n) is 7.15. The lowest BCUT2D eigenvalue weighted by Crippen LogP contribution is -2.31. The number of nitrogens with one attached hydrogen (secondary N) is 1. The van der Waals surface area contributed by atoms with Gasteiger partial charge in [0.25, 0.3) is 0 Å². The zero-order valence-electron chi connectivity index (χ0n) is 11.6. The Labute approximate surface area is 129 Å². The van der Waals surface area contributed by atoms with Crippen molar-refractivity contribution in [2.45, 2.75) is 31.7 Å². The largest absolute Gasteiger partial charge is 0.350 e. The van der Waals surface area contributed by atoms with Crippen molar-refractivity contribution in [3.05, 3.63) is 5.28 Å². The van der Waals surface area contributed by atoms with E-state index in [4.69, 9.17) is 11.6 Å². The number of anilines is 2. The number of nitrogens with zero attached hydrogens (tertiary/aromatic N) is 4. The van der Waals surface area contributed by atoms with Gasteiger partial charge in [-0.2, -0.15) is 15.0 Å². The molecule has 1 unspecified atom stereocenters. The SMILES string of the molecule is O=S1(=O)CCC(Nc2nc(Cl)nc(N3CCCCC3)n2)C1. The van der Waals surface area contributed by atoms with Crippen LogP contribution in [0.4, 0.5) is 11.9 Å². The van der Waals surface area contributed by atoms with E-state index in [1.807, 2.05) is 0 Å². The lowest BCUT2D eigenvalue weighted by molar-refractivity contribution is 0.567. The number of sulfone groups is 1. The molecule has 1 aromatic rings. The van der Waals surface area contributed by atoms with Crippen LogP contribution in [0.3, 0.4) is 0 Å². The second-order valence-corrected chi connectivity index (χ2v) is 8.09. The van der Waals surface area contributed by atoms with Crippen LogP contribution >= 0.6 is 11.6 Å². The molecular formula is C12H18ClN5O2S. The van der Waals surface area contributed by atoms with Gasteiger partial charge < -0.3 is 10.2 Å². The Morgan fingerprint density at radius 1 is 1.14 bits per heavy atom. The molecule has 0 aliphatic carbocycles. The maximum atomic E-state index is 11.5. The molecule has 116 valence electrons. The van der Waals surface area contributed by atoms with Gasteiger partial charge in [-0.3, -0.25) is 0 Å². The first-order valence-corrected chi connectivity index (χ1v) is 9.35. The predicted octanol–water partition coefficient (Wildman–Crippen LogP) is 1.11. The summed E-state index contributed by atoms with van der Waals surface area (Å²) < 4.78 is 23.0. The smallest absolute Gasteiger partial charge is 0.231 e. The monoisotopic (exact) mass is 331 g/mol. The van der Waals surface area contributed by atoms with Gasteiger partial charge in [0.05, 0.1) is 11.5 Å². The van der Waals surface area contributed by atoms with Gasteiger partial charge in [-0.1, -0.05) is 0 Å². The molecule has 1 atom stereocenters. The second kappa shape index (κ2) is 5.92. The zero-order valence-corrected chi connectivity index (χ0v) is 13.2. The van der Waals surface area contributed by atoms with Crippen LogP contribution in [0, 0.1) is 0 Å². The topological polar surface area (TPSA) is 88.1 Å². The molecule has 2 saturated heterocycles. The van der Waals surface area contributed by atoms with Crippen LogP contribution in [0.15, 0.2) is 0 Å². The van der Waals surface area contributed by atoms with Crippen LogP contribution in [-0.4, -0.2) is 54.0 Å². The molecule has 1 N–H and O–H groups in total. The third kappa shape index (κ3) is 3.74. The minimum absolute atomic E-state index is 0.120.